The Morgan fingerprint density at radius 1 is 0.571 bits per heavy atom. The van der Waals surface area contributed by atoms with Gasteiger partial charge in [-0.15, -0.1) is 0 Å². The van der Waals surface area contributed by atoms with E-state index in [2.05, 4.69) is 69.7 Å². The molecule has 12 heteroatoms. The number of nitrogens with one attached hydrogen (secondary N) is 1. The first-order valence-electron chi connectivity index (χ1n) is 23.4. The van der Waals surface area contributed by atoms with Crippen LogP contribution in [0.5, 0.6) is 0 Å². The molecule has 8 nitrogen and oxygen atoms in total. The zero-order valence-corrected chi connectivity index (χ0v) is 38.4. The Hall–Kier alpha value is -3.58. The summed E-state index contributed by atoms with van der Waals surface area (Å²) in [6.07, 6.45) is 13.7. The summed E-state index contributed by atoms with van der Waals surface area (Å²) < 4.78 is 0. The molecule has 1 aliphatic heterocycles. The lowest BCUT2D eigenvalue weighted by atomic mass is 9.77. The van der Waals surface area contributed by atoms with E-state index in [0.717, 1.165) is 113 Å². The van der Waals surface area contributed by atoms with Crippen molar-refractivity contribution < 1.29 is 24.9 Å². The molecule has 0 spiro atoms. The summed E-state index contributed by atoms with van der Waals surface area (Å²) in [5.41, 5.74) is 4.27. The van der Waals surface area contributed by atoms with Crippen LogP contribution in [0.4, 0.5) is 0 Å². The lowest BCUT2D eigenvalue weighted by molar-refractivity contribution is -0.121. The van der Waals surface area contributed by atoms with Gasteiger partial charge in [0.15, 0.2) is 0 Å². The summed E-state index contributed by atoms with van der Waals surface area (Å²) >= 11 is 0. The van der Waals surface area contributed by atoms with Gasteiger partial charge in [0.1, 0.15) is 0 Å². The molecule has 63 heavy (non-hydrogen) atoms. The summed E-state index contributed by atoms with van der Waals surface area (Å²) in [7, 11) is 0.976. The van der Waals surface area contributed by atoms with E-state index >= 15 is 0 Å². The van der Waals surface area contributed by atoms with Crippen LogP contribution in [0, 0.1) is 0 Å². The van der Waals surface area contributed by atoms with Gasteiger partial charge in [-0.3, -0.25) is 14.6 Å². The highest BCUT2D eigenvalue weighted by Crippen LogP contribution is 2.40. The fraction of sp³-hybridized carbons (Fsp3) is 0.431. The molecule has 1 amide bonds. The third-order valence-electron chi connectivity index (χ3n) is 12.8. The van der Waals surface area contributed by atoms with Gasteiger partial charge >= 0.3 is 14.2 Å². The molecule has 5 N–H and O–H groups in total. The minimum absolute atomic E-state index is 0.183. The maximum atomic E-state index is 12.4. The molecule has 0 bridgehead atoms. The van der Waals surface area contributed by atoms with Crippen molar-refractivity contribution in [2.24, 2.45) is 0 Å². The van der Waals surface area contributed by atoms with Gasteiger partial charge in [0.25, 0.3) is 0 Å². The van der Waals surface area contributed by atoms with Gasteiger partial charge in [0.05, 0.1) is 0 Å². The van der Waals surface area contributed by atoms with E-state index in [1.165, 1.54) is 56.5 Å². The highest BCUT2D eigenvalue weighted by atomic mass is 33.1. The van der Waals surface area contributed by atoms with E-state index in [9.17, 15) is 24.9 Å². The minimum Gasteiger partial charge on any atom is -0.423 e. The first-order chi connectivity index (χ1) is 30.8. The van der Waals surface area contributed by atoms with Crippen molar-refractivity contribution in [1.82, 2.24) is 15.1 Å². The molecule has 1 unspecified atom stereocenters. The molecule has 0 radical (unpaired) electrons. The van der Waals surface area contributed by atoms with E-state index in [4.69, 9.17) is 0 Å². The second kappa shape index (κ2) is 24.6. The third kappa shape index (κ3) is 13.7. The van der Waals surface area contributed by atoms with E-state index in [1.807, 2.05) is 58.0 Å². The van der Waals surface area contributed by atoms with Gasteiger partial charge in [-0.05, 0) is 125 Å². The Labute approximate surface area is 383 Å². The number of amides is 1. The van der Waals surface area contributed by atoms with Crippen LogP contribution in [-0.2, 0) is 24.4 Å². The number of hydrogen-bond donors (Lipinski definition) is 5. The largest absolute Gasteiger partial charge is 0.488 e. The molecule has 1 atom stereocenters. The Balaban J connectivity index is 0.907. The molecule has 6 aromatic carbocycles. The first kappa shape index (κ1) is 47.4. The molecule has 1 saturated heterocycles. The minimum atomic E-state index is -1.52. The molecular weight excluding hydrogens is 820 g/mol. The van der Waals surface area contributed by atoms with Crippen molar-refractivity contribution in [2.75, 3.05) is 31.9 Å². The van der Waals surface area contributed by atoms with E-state index < -0.39 is 14.2 Å². The van der Waals surface area contributed by atoms with Gasteiger partial charge in [-0.2, -0.15) is 0 Å². The van der Waals surface area contributed by atoms with Crippen molar-refractivity contribution >= 4 is 85.0 Å². The number of carbonyl (C=O) groups is 1. The van der Waals surface area contributed by atoms with Crippen molar-refractivity contribution in [2.45, 2.75) is 108 Å². The van der Waals surface area contributed by atoms with Gasteiger partial charge < -0.3 is 25.4 Å². The first-order valence-corrected chi connectivity index (χ1v) is 25.7. The van der Waals surface area contributed by atoms with Crippen LogP contribution in [0.1, 0.15) is 100 Å². The maximum absolute atomic E-state index is 12.4. The van der Waals surface area contributed by atoms with Crippen molar-refractivity contribution in [3.05, 3.63) is 120 Å². The molecule has 0 saturated carbocycles. The standard InChI is InChI=1S/C51H65B2N3O5S2/c57-49(23-10-7-20-45-30-35-62-63-45)54-31-11-1-2-12-32-55(37-43-16-5-8-21-47(43)52(58)59)33-13-3-4-14-34-56(38-44-17-6-9-22-48(44)53(60)61)36-42-27-26-41-25-24-39-18-15-19-40-28-29-46(42)51(41)50(39)40/h5-6,8-9,15-19,21-22,24-29,45,58-61H,1-4,7,10-14,20,23,30-38H2,(H,54,57). The van der Waals surface area contributed by atoms with Crippen LogP contribution in [0.25, 0.3) is 32.3 Å². The predicted octanol–water partition coefficient (Wildman–Crippen LogP) is 8.40. The fourth-order valence-electron chi connectivity index (χ4n) is 9.38. The topological polar surface area (TPSA) is 117 Å². The summed E-state index contributed by atoms with van der Waals surface area (Å²) in [4.78, 5) is 17.3. The van der Waals surface area contributed by atoms with Crippen molar-refractivity contribution in [3.63, 3.8) is 0 Å². The highest BCUT2D eigenvalue weighted by molar-refractivity contribution is 8.77. The summed E-state index contributed by atoms with van der Waals surface area (Å²) in [6.45, 7) is 5.52. The number of hydrogen-bond acceptors (Lipinski definition) is 9. The lowest BCUT2D eigenvalue weighted by Crippen LogP contribution is -2.36. The highest BCUT2D eigenvalue weighted by Gasteiger charge is 2.21. The number of unbranched alkanes of at least 4 members (excludes halogenated alkanes) is 7. The van der Waals surface area contributed by atoms with Crippen LogP contribution in [0.15, 0.2) is 103 Å². The molecule has 0 aliphatic carbocycles. The van der Waals surface area contributed by atoms with Gasteiger partial charge in [-0.1, -0.05) is 157 Å². The molecule has 332 valence electrons. The van der Waals surface area contributed by atoms with Crippen LogP contribution in [0.3, 0.4) is 0 Å². The number of carbonyl (C=O) groups excluding carboxylic acids is 1. The van der Waals surface area contributed by atoms with Crippen molar-refractivity contribution in [1.29, 1.82) is 0 Å². The van der Waals surface area contributed by atoms with Crippen LogP contribution in [0.2, 0.25) is 0 Å². The summed E-state index contributed by atoms with van der Waals surface area (Å²) in [5, 5.41) is 52.2. The molecule has 1 fully saturated rings. The summed E-state index contributed by atoms with van der Waals surface area (Å²) in [6, 6.07) is 35.2. The normalized spacial score (nSPS) is 14.2. The zero-order chi connectivity index (χ0) is 43.8. The van der Waals surface area contributed by atoms with Crippen molar-refractivity contribution in [3.8, 4) is 0 Å². The number of rotatable bonds is 27. The van der Waals surface area contributed by atoms with E-state index in [1.54, 1.807) is 12.1 Å². The molecule has 6 aromatic rings. The average Bonchev–Trinajstić information content (AvgIpc) is 3.82. The quantitative estimate of drug-likeness (QED) is 0.0151. The lowest BCUT2D eigenvalue weighted by Gasteiger charge is -2.26. The van der Waals surface area contributed by atoms with E-state index in [0.29, 0.717) is 30.4 Å². The molecule has 7 rings (SSSR count). The number of nitrogens with zero attached hydrogens (tertiary/aromatic N) is 2. The zero-order valence-electron chi connectivity index (χ0n) is 36.8. The molecule has 0 aromatic heterocycles. The van der Waals surface area contributed by atoms with Crippen LogP contribution < -0.4 is 16.2 Å². The molecular formula is C51H65B2N3O5S2. The van der Waals surface area contributed by atoms with Gasteiger partial charge in [0, 0.05) is 43.6 Å². The van der Waals surface area contributed by atoms with E-state index in [-0.39, 0.29) is 5.91 Å². The Morgan fingerprint density at radius 3 is 1.76 bits per heavy atom. The molecule has 1 aliphatic rings. The second-order valence-corrected chi connectivity index (χ2v) is 20.3. The third-order valence-corrected chi connectivity index (χ3v) is 15.8. The fourth-order valence-corrected chi connectivity index (χ4v) is 12.4. The smallest absolute Gasteiger partial charge is 0.423 e. The van der Waals surface area contributed by atoms with Crippen LogP contribution >= 0.6 is 21.6 Å². The second-order valence-electron chi connectivity index (χ2n) is 17.5. The van der Waals surface area contributed by atoms with Crippen LogP contribution in [-0.4, -0.2) is 87.2 Å². The Morgan fingerprint density at radius 2 is 1.13 bits per heavy atom. The Bertz CT molecular complexity index is 2310. The SMILES string of the molecule is O=C(CCCCC1CCSS1)NCCCCCCN(CCCCCCN(Cc1ccccc1B(O)O)Cc1ccc2ccc3cccc4ccc1c2c34)Cc1ccccc1B(O)O. The van der Waals surface area contributed by atoms with Gasteiger partial charge in [0.2, 0.25) is 5.91 Å². The summed E-state index contributed by atoms with van der Waals surface area (Å²) in [5.74, 6) is 1.45. The predicted molar refractivity (Wildman–Crippen MR) is 269 cm³/mol. The number of benzene rings is 6. The maximum Gasteiger partial charge on any atom is 0.488 e. The monoisotopic (exact) mass is 885 g/mol. The Kier molecular flexibility index (Phi) is 18.5. The van der Waals surface area contributed by atoms with Gasteiger partial charge in [-0.25, -0.2) is 0 Å². The molecule has 1 heterocycles. The average molecular weight is 886 g/mol.